The van der Waals surface area contributed by atoms with Gasteiger partial charge in [-0.15, -0.1) is 0 Å². The predicted molar refractivity (Wildman–Crippen MR) is 78.1 cm³/mol. The molecular weight excluding hydrogens is 204 g/mol. The van der Waals surface area contributed by atoms with E-state index in [2.05, 4.69) is 34.6 Å². The van der Waals surface area contributed by atoms with Gasteiger partial charge in [0.15, 0.2) is 0 Å². The maximum atomic E-state index is 2.47. The zero-order valence-corrected chi connectivity index (χ0v) is 12.8. The SMILES string of the molecule is CC(C)CCCC(C)CCCC(C)C1CC1C. The van der Waals surface area contributed by atoms with Crippen LogP contribution < -0.4 is 0 Å². The van der Waals surface area contributed by atoms with Gasteiger partial charge in [0.1, 0.15) is 0 Å². The summed E-state index contributed by atoms with van der Waals surface area (Å²) in [7, 11) is 0. The minimum Gasteiger partial charge on any atom is -0.0628 e. The number of rotatable bonds is 9. The minimum atomic E-state index is 0.888. The summed E-state index contributed by atoms with van der Waals surface area (Å²) in [5.74, 6) is 4.95. The summed E-state index contributed by atoms with van der Waals surface area (Å²) >= 11 is 0. The molecule has 0 aromatic carbocycles. The summed E-state index contributed by atoms with van der Waals surface area (Å²) in [4.78, 5) is 0. The normalized spacial score (nSPS) is 27.2. The molecule has 0 heteroatoms. The second-order valence-corrected chi connectivity index (χ2v) is 7.21. The van der Waals surface area contributed by atoms with Gasteiger partial charge >= 0.3 is 0 Å². The van der Waals surface area contributed by atoms with E-state index in [0.717, 1.165) is 29.6 Å². The van der Waals surface area contributed by atoms with Crippen LogP contribution >= 0.6 is 0 Å². The van der Waals surface area contributed by atoms with Gasteiger partial charge in [-0.3, -0.25) is 0 Å². The molecule has 0 nitrogen and oxygen atoms in total. The van der Waals surface area contributed by atoms with E-state index in [1.807, 2.05) is 0 Å². The van der Waals surface area contributed by atoms with Crippen molar-refractivity contribution >= 4 is 0 Å². The van der Waals surface area contributed by atoms with E-state index in [9.17, 15) is 0 Å². The Labute approximate surface area is 110 Å². The molecule has 17 heavy (non-hydrogen) atoms. The summed E-state index contributed by atoms with van der Waals surface area (Å²) in [5.41, 5.74) is 0. The van der Waals surface area contributed by atoms with Crippen LogP contribution in [-0.2, 0) is 0 Å². The first kappa shape index (κ1) is 15.1. The van der Waals surface area contributed by atoms with Crippen LogP contribution in [0.15, 0.2) is 0 Å². The molecule has 0 radical (unpaired) electrons. The van der Waals surface area contributed by atoms with Crippen LogP contribution in [0.3, 0.4) is 0 Å². The van der Waals surface area contributed by atoms with Crippen molar-refractivity contribution in [1.82, 2.24) is 0 Å². The van der Waals surface area contributed by atoms with Crippen LogP contribution in [0.25, 0.3) is 0 Å². The lowest BCUT2D eigenvalue weighted by Gasteiger charge is -2.14. The Hall–Kier alpha value is 0. The van der Waals surface area contributed by atoms with E-state index in [4.69, 9.17) is 0 Å². The molecule has 0 heterocycles. The van der Waals surface area contributed by atoms with E-state index >= 15 is 0 Å². The molecule has 0 aromatic rings. The Morgan fingerprint density at radius 2 is 1.41 bits per heavy atom. The average Bonchev–Trinajstić information content (AvgIpc) is 2.95. The van der Waals surface area contributed by atoms with Crippen molar-refractivity contribution in [2.45, 2.75) is 79.6 Å². The topological polar surface area (TPSA) is 0 Å². The maximum Gasteiger partial charge on any atom is -0.0360 e. The van der Waals surface area contributed by atoms with Crippen molar-refractivity contribution in [3.05, 3.63) is 0 Å². The first-order chi connectivity index (χ1) is 8.00. The molecule has 4 unspecified atom stereocenters. The average molecular weight is 238 g/mol. The number of hydrogen-bond donors (Lipinski definition) is 0. The van der Waals surface area contributed by atoms with Crippen molar-refractivity contribution in [3.63, 3.8) is 0 Å². The third kappa shape index (κ3) is 6.48. The van der Waals surface area contributed by atoms with E-state index in [1.165, 1.54) is 44.9 Å². The van der Waals surface area contributed by atoms with Crippen molar-refractivity contribution in [2.75, 3.05) is 0 Å². The molecule has 1 fully saturated rings. The highest BCUT2D eigenvalue weighted by Gasteiger charge is 2.36. The molecule has 102 valence electrons. The number of hydrogen-bond acceptors (Lipinski definition) is 0. The fraction of sp³-hybridized carbons (Fsp3) is 1.00. The first-order valence-electron chi connectivity index (χ1n) is 8.00. The lowest BCUT2D eigenvalue weighted by molar-refractivity contribution is 0.378. The third-order valence-electron chi connectivity index (χ3n) is 4.74. The van der Waals surface area contributed by atoms with Gasteiger partial charge in [0.25, 0.3) is 0 Å². The predicted octanol–water partition coefficient (Wildman–Crippen LogP) is 5.91. The molecule has 0 amide bonds. The molecule has 0 spiro atoms. The van der Waals surface area contributed by atoms with Crippen LogP contribution in [0.5, 0.6) is 0 Å². The summed E-state index contributed by atoms with van der Waals surface area (Å²) in [5, 5.41) is 0. The molecule has 0 saturated heterocycles. The van der Waals surface area contributed by atoms with Crippen LogP contribution in [0.1, 0.15) is 79.6 Å². The van der Waals surface area contributed by atoms with E-state index in [0.29, 0.717) is 0 Å². The van der Waals surface area contributed by atoms with Crippen molar-refractivity contribution < 1.29 is 0 Å². The molecule has 1 aliphatic rings. The van der Waals surface area contributed by atoms with Crippen LogP contribution in [0.4, 0.5) is 0 Å². The summed E-state index contributed by atoms with van der Waals surface area (Å²) in [6.07, 6.45) is 10.2. The Morgan fingerprint density at radius 1 is 0.882 bits per heavy atom. The minimum absolute atomic E-state index is 0.888. The van der Waals surface area contributed by atoms with Crippen molar-refractivity contribution in [1.29, 1.82) is 0 Å². The van der Waals surface area contributed by atoms with Gasteiger partial charge in [-0.05, 0) is 36.0 Å². The van der Waals surface area contributed by atoms with Crippen LogP contribution in [0.2, 0.25) is 0 Å². The lowest BCUT2D eigenvalue weighted by Crippen LogP contribution is -2.02. The fourth-order valence-corrected chi connectivity index (χ4v) is 3.17. The summed E-state index contributed by atoms with van der Waals surface area (Å²) < 4.78 is 0. The lowest BCUT2D eigenvalue weighted by atomic mass is 9.92. The van der Waals surface area contributed by atoms with Crippen molar-refractivity contribution in [2.24, 2.45) is 29.6 Å². The molecule has 0 bridgehead atoms. The highest BCUT2D eigenvalue weighted by atomic mass is 14.4. The smallest absolute Gasteiger partial charge is 0.0360 e. The van der Waals surface area contributed by atoms with E-state index in [-0.39, 0.29) is 0 Å². The zero-order chi connectivity index (χ0) is 12.8. The van der Waals surface area contributed by atoms with Gasteiger partial charge in [0, 0.05) is 0 Å². The molecule has 0 aliphatic heterocycles. The summed E-state index contributed by atoms with van der Waals surface area (Å²) in [6, 6.07) is 0. The van der Waals surface area contributed by atoms with Crippen LogP contribution in [0, 0.1) is 29.6 Å². The zero-order valence-electron chi connectivity index (χ0n) is 12.8. The second kappa shape index (κ2) is 7.44. The Bertz CT molecular complexity index is 194. The van der Waals surface area contributed by atoms with Gasteiger partial charge in [0.05, 0.1) is 0 Å². The third-order valence-corrected chi connectivity index (χ3v) is 4.74. The maximum absolute atomic E-state index is 2.47. The van der Waals surface area contributed by atoms with Crippen molar-refractivity contribution in [3.8, 4) is 0 Å². The van der Waals surface area contributed by atoms with Gasteiger partial charge in [0.2, 0.25) is 0 Å². The largest absolute Gasteiger partial charge is 0.0628 e. The van der Waals surface area contributed by atoms with Crippen LogP contribution in [-0.4, -0.2) is 0 Å². The molecular formula is C17H34. The standard InChI is InChI=1S/C17H34/c1-13(2)8-6-9-14(3)10-7-11-15(4)17-12-16(17)5/h13-17H,6-12H2,1-5H3. The van der Waals surface area contributed by atoms with E-state index in [1.54, 1.807) is 0 Å². The molecule has 0 aromatic heterocycles. The van der Waals surface area contributed by atoms with Gasteiger partial charge in [-0.25, -0.2) is 0 Å². The Kier molecular flexibility index (Phi) is 6.59. The highest BCUT2D eigenvalue weighted by molar-refractivity contribution is 4.86. The van der Waals surface area contributed by atoms with Gasteiger partial charge in [-0.2, -0.15) is 0 Å². The van der Waals surface area contributed by atoms with E-state index < -0.39 is 0 Å². The second-order valence-electron chi connectivity index (χ2n) is 7.21. The molecule has 0 N–H and O–H groups in total. The molecule has 1 aliphatic carbocycles. The summed E-state index contributed by atoms with van der Waals surface area (Å²) in [6.45, 7) is 12.0. The quantitative estimate of drug-likeness (QED) is 0.468. The Balaban J connectivity index is 1.94. The highest BCUT2D eigenvalue weighted by Crippen LogP contribution is 2.45. The molecule has 4 atom stereocenters. The molecule has 1 saturated carbocycles. The monoisotopic (exact) mass is 238 g/mol. The van der Waals surface area contributed by atoms with Gasteiger partial charge in [-0.1, -0.05) is 73.1 Å². The fourth-order valence-electron chi connectivity index (χ4n) is 3.17. The Morgan fingerprint density at radius 3 is 1.88 bits per heavy atom. The molecule has 1 rings (SSSR count). The first-order valence-corrected chi connectivity index (χ1v) is 8.00. The van der Waals surface area contributed by atoms with Gasteiger partial charge < -0.3 is 0 Å².